The molecule has 0 aliphatic carbocycles. The molecule has 11 aromatic rings. The van der Waals surface area contributed by atoms with E-state index in [4.69, 9.17) is 8.83 Å². The lowest BCUT2D eigenvalue weighted by molar-refractivity contribution is 0.664. The Bertz CT molecular complexity index is 3070. The van der Waals surface area contributed by atoms with Crippen molar-refractivity contribution in [3.63, 3.8) is 0 Å². The van der Waals surface area contributed by atoms with Gasteiger partial charge in [-0.2, -0.15) is 0 Å². The van der Waals surface area contributed by atoms with Crippen LogP contribution in [0.25, 0.3) is 110 Å². The standard InChI is InChI=1S/C48H28O2/c1-2-10-30(11-3-1)47-35-14-6-8-16-37(35)48(38-17-9-7-15-36(38)47)31-20-18-29(19-21-31)34-22-23-43-39(25-34)41-27-46-42(28-45(41)49-43)40-24-32-12-4-5-13-33(32)26-44(40)50-46/h1-28H. The lowest BCUT2D eigenvalue weighted by atomic mass is 9.86. The van der Waals surface area contributed by atoms with Gasteiger partial charge in [0.05, 0.1) is 0 Å². The molecule has 2 heteroatoms. The Morgan fingerprint density at radius 2 is 0.660 bits per heavy atom. The lowest BCUT2D eigenvalue weighted by Gasteiger charge is -2.18. The maximum absolute atomic E-state index is 6.42. The quantitative estimate of drug-likeness (QED) is 0.180. The van der Waals surface area contributed by atoms with Crippen LogP contribution in [-0.4, -0.2) is 0 Å². The molecule has 0 aliphatic rings. The second-order valence-electron chi connectivity index (χ2n) is 13.2. The molecule has 232 valence electrons. The highest BCUT2D eigenvalue weighted by molar-refractivity contribution is 6.21. The SMILES string of the molecule is c1ccc(-c2c3ccccc3c(-c3ccc(-c4ccc5oc6cc7c(cc6c5c4)oc4cc5ccccc5cc47)cc3)c3ccccc23)cc1. The molecule has 0 radical (unpaired) electrons. The average molecular weight is 637 g/mol. The van der Waals surface area contributed by atoms with Crippen LogP contribution in [0, 0.1) is 0 Å². The highest BCUT2D eigenvalue weighted by Crippen LogP contribution is 2.44. The molecule has 9 aromatic carbocycles. The van der Waals surface area contributed by atoms with Gasteiger partial charge in [0.15, 0.2) is 0 Å². The first-order valence-corrected chi connectivity index (χ1v) is 17.1. The molecule has 0 saturated carbocycles. The highest BCUT2D eigenvalue weighted by Gasteiger charge is 2.18. The minimum atomic E-state index is 0.869. The number of hydrogen-bond acceptors (Lipinski definition) is 2. The summed E-state index contributed by atoms with van der Waals surface area (Å²) in [5.74, 6) is 0. The van der Waals surface area contributed by atoms with Gasteiger partial charge in [-0.15, -0.1) is 0 Å². The molecular formula is C48H28O2. The molecule has 0 fully saturated rings. The third kappa shape index (κ3) is 4.03. The van der Waals surface area contributed by atoms with E-state index in [1.54, 1.807) is 0 Å². The molecule has 0 unspecified atom stereocenters. The van der Waals surface area contributed by atoms with Gasteiger partial charge in [0, 0.05) is 21.5 Å². The zero-order valence-corrected chi connectivity index (χ0v) is 27.0. The van der Waals surface area contributed by atoms with E-state index in [2.05, 4.69) is 170 Å². The minimum Gasteiger partial charge on any atom is -0.456 e. The molecule has 11 rings (SSSR count). The van der Waals surface area contributed by atoms with Crippen LogP contribution in [0.5, 0.6) is 0 Å². The van der Waals surface area contributed by atoms with Gasteiger partial charge in [0.1, 0.15) is 22.3 Å². The first kappa shape index (κ1) is 27.3. The summed E-state index contributed by atoms with van der Waals surface area (Å²) in [4.78, 5) is 0. The first-order chi connectivity index (χ1) is 24.8. The van der Waals surface area contributed by atoms with Crippen molar-refractivity contribution in [1.29, 1.82) is 0 Å². The lowest BCUT2D eigenvalue weighted by Crippen LogP contribution is -1.90. The predicted octanol–water partition coefficient (Wildman–Crippen LogP) is 13.9. The van der Waals surface area contributed by atoms with Crippen molar-refractivity contribution < 1.29 is 8.83 Å². The van der Waals surface area contributed by atoms with Crippen LogP contribution in [0.3, 0.4) is 0 Å². The van der Waals surface area contributed by atoms with Crippen LogP contribution in [0.15, 0.2) is 179 Å². The smallest absolute Gasteiger partial charge is 0.136 e. The van der Waals surface area contributed by atoms with Crippen LogP contribution in [0.2, 0.25) is 0 Å². The maximum atomic E-state index is 6.42. The zero-order valence-electron chi connectivity index (χ0n) is 27.0. The molecule has 0 spiro atoms. The van der Waals surface area contributed by atoms with Crippen LogP contribution < -0.4 is 0 Å². The largest absolute Gasteiger partial charge is 0.456 e. The molecule has 0 atom stereocenters. The van der Waals surface area contributed by atoms with Crippen molar-refractivity contribution in [2.45, 2.75) is 0 Å². The molecule has 0 aliphatic heterocycles. The van der Waals surface area contributed by atoms with Gasteiger partial charge in [-0.05, 0) is 102 Å². The van der Waals surface area contributed by atoms with Crippen molar-refractivity contribution >= 4 is 76.2 Å². The summed E-state index contributed by atoms with van der Waals surface area (Å²) < 4.78 is 12.8. The van der Waals surface area contributed by atoms with Gasteiger partial charge in [-0.25, -0.2) is 0 Å². The number of rotatable bonds is 3. The fourth-order valence-electron chi connectivity index (χ4n) is 8.09. The maximum Gasteiger partial charge on any atom is 0.136 e. The van der Waals surface area contributed by atoms with Gasteiger partial charge in [-0.3, -0.25) is 0 Å². The monoisotopic (exact) mass is 636 g/mol. The van der Waals surface area contributed by atoms with E-state index in [1.165, 1.54) is 54.6 Å². The van der Waals surface area contributed by atoms with Crippen LogP contribution >= 0.6 is 0 Å². The fourth-order valence-corrected chi connectivity index (χ4v) is 8.09. The van der Waals surface area contributed by atoms with E-state index >= 15 is 0 Å². The summed E-state index contributed by atoms with van der Waals surface area (Å²) in [6.07, 6.45) is 0. The molecule has 0 amide bonds. The Morgan fingerprint density at radius 3 is 1.28 bits per heavy atom. The fraction of sp³-hybridized carbons (Fsp3) is 0. The van der Waals surface area contributed by atoms with Crippen molar-refractivity contribution in [3.05, 3.63) is 170 Å². The van der Waals surface area contributed by atoms with Crippen LogP contribution in [-0.2, 0) is 0 Å². The second-order valence-corrected chi connectivity index (χ2v) is 13.2. The van der Waals surface area contributed by atoms with Gasteiger partial charge in [0.2, 0.25) is 0 Å². The number of hydrogen-bond donors (Lipinski definition) is 0. The predicted molar refractivity (Wildman–Crippen MR) is 210 cm³/mol. The molecule has 50 heavy (non-hydrogen) atoms. The Labute approximate surface area is 287 Å². The molecule has 0 saturated heterocycles. The highest BCUT2D eigenvalue weighted by atomic mass is 16.3. The third-order valence-corrected chi connectivity index (χ3v) is 10.4. The van der Waals surface area contributed by atoms with Gasteiger partial charge < -0.3 is 8.83 Å². The molecule has 2 aromatic heterocycles. The Morgan fingerprint density at radius 1 is 0.240 bits per heavy atom. The van der Waals surface area contributed by atoms with Crippen LogP contribution in [0.1, 0.15) is 0 Å². The van der Waals surface area contributed by atoms with E-state index < -0.39 is 0 Å². The number of fused-ring (bicyclic) bond motifs is 9. The molecular weight excluding hydrogens is 609 g/mol. The Hall–Kier alpha value is -6.64. The van der Waals surface area contributed by atoms with E-state index in [0.717, 1.165) is 55.0 Å². The molecule has 2 heterocycles. The topological polar surface area (TPSA) is 26.3 Å². The van der Waals surface area contributed by atoms with E-state index in [1.807, 2.05) is 0 Å². The van der Waals surface area contributed by atoms with Gasteiger partial charge >= 0.3 is 0 Å². The summed E-state index contributed by atoms with van der Waals surface area (Å²) in [5, 5.41) is 11.8. The Kier molecular flexibility index (Phi) is 5.70. The molecule has 0 bridgehead atoms. The summed E-state index contributed by atoms with van der Waals surface area (Å²) in [6, 6.07) is 60.9. The average Bonchev–Trinajstić information content (AvgIpc) is 3.71. The third-order valence-electron chi connectivity index (χ3n) is 10.4. The summed E-state index contributed by atoms with van der Waals surface area (Å²) in [6.45, 7) is 0. The van der Waals surface area contributed by atoms with Gasteiger partial charge in [0.25, 0.3) is 0 Å². The minimum absolute atomic E-state index is 0.869. The van der Waals surface area contributed by atoms with E-state index in [-0.39, 0.29) is 0 Å². The van der Waals surface area contributed by atoms with Crippen molar-refractivity contribution in [2.75, 3.05) is 0 Å². The Balaban J connectivity index is 1.04. The summed E-state index contributed by atoms with van der Waals surface area (Å²) >= 11 is 0. The van der Waals surface area contributed by atoms with E-state index in [9.17, 15) is 0 Å². The number of benzene rings is 9. The number of furan rings is 2. The normalized spacial score (nSPS) is 12.0. The molecule has 2 nitrogen and oxygen atoms in total. The van der Waals surface area contributed by atoms with Gasteiger partial charge in [-0.1, -0.05) is 133 Å². The summed E-state index contributed by atoms with van der Waals surface area (Å²) in [7, 11) is 0. The zero-order chi connectivity index (χ0) is 32.8. The van der Waals surface area contributed by atoms with Crippen molar-refractivity contribution in [2.24, 2.45) is 0 Å². The van der Waals surface area contributed by atoms with E-state index in [0.29, 0.717) is 0 Å². The summed E-state index contributed by atoms with van der Waals surface area (Å²) in [5.41, 5.74) is 10.8. The second kappa shape index (κ2) is 10.4. The van der Waals surface area contributed by atoms with Crippen LogP contribution in [0.4, 0.5) is 0 Å². The van der Waals surface area contributed by atoms with Crippen molar-refractivity contribution in [1.82, 2.24) is 0 Å². The molecule has 0 N–H and O–H groups in total. The van der Waals surface area contributed by atoms with Crippen molar-refractivity contribution in [3.8, 4) is 33.4 Å². The first-order valence-electron chi connectivity index (χ1n) is 17.1.